The fourth-order valence-corrected chi connectivity index (χ4v) is 2.17. The lowest BCUT2D eigenvalue weighted by Gasteiger charge is -2.12. The number of halogens is 5. The summed E-state index contributed by atoms with van der Waals surface area (Å²) < 4.78 is 46.2. The van der Waals surface area contributed by atoms with Crippen LogP contribution in [0.3, 0.4) is 0 Å². The molecule has 0 aliphatic heterocycles. The molecule has 0 N–H and O–H groups in total. The second-order valence-corrected chi connectivity index (χ2v) is 5.08. The van der Waals surface area contributed by atoms with Crippen molar-refractivity contribution in [1.82, 2.24) is 0 Å². The van der Waals surface area contributed by atoms with Gasteiger partial charge in [-0.2, -0.15) is 0 Å². The van der Waals surface area contributed by atoms with E-state index in [4.69, 9.17) is 4.74 Å². The van der Waals surface area contributed by atoms with E-state index < -0.39 is 6.36 Å². The first-order valence-corrected chi connectivity index (χ1v) is 6.74. The molecule has 114 valence electrons. The molecule has 0 aliphatic carbocycles. The van der Waals surface area contributed by atoms with Crippen LogP contribution in [0.2, 0.25) is 0 Å². The summed E-state index contributed by atoms with van der Waals surface area (Å²) in [4.78, 5) is 0. The lowest BCUT2D eigenvalue weighted by atomic mass is 10.2. The zero-order chi connectivity index (χ0) is 14.6. The van der Waals surface area contributed by atoms with E-state index in [-0.39, 0.29) is 29.7 Å². The summed E-state index contributed by atoms with van der Waals surface area (Å²) in [5, 5.41) is 0. The average molecular weight is 522 g/mol. The zero-order valence-electron chi connectivity index (χ0n) is 10.6. The van der Waals surface area contributed by atoms with Crippen LogP contribution >= 0.6 is 46.6 Å². The fourth-order valence-electron chi connectivity index (χ4n) is 1.53. The van der Waals surface area contributed by atoms with Crippen LogP contribution in [0, 0.1) is 3.57 Å². The van der Waals surface area contributed by atoms with Gasteiger partial charge in [-0.15, -0.1) is 37.1 Å². The average Bonchev–Trinajstić information content (AvgIpc) is 2.37. The molecule has 2 aromatic carbocycles. The minimum atomic E-state index is -4.69. The van der Waals surface area contributed by atoms with Gasteiger partial charge in [0.15, 0.2) is 0 Å². The molecule has 0 unspecified atom stereocenters. The van der Waals surface area contributed by atoms with Crippen molar-refractivity contribution in [2.24, 2.45) is 0 Å². The first-order chi connectivity index (χ1) is 9.44. The third kappa shape index (κ3) is 6.29. The number of hydrogen-bond donors (Lipinski definition) is 0. The van der Waals surface area contributed by atoms with Gasteiger partial charge in [0.2, 0.25) is 0 Å². The summed E-state index contributed by atoms with van der Waals surface area (Å²) in [7, 11) is 0. The standard InChI is InChI=1S/C14H10F3IO2.HI/c15-14(16,17)20-11-6-7-13(12(18)8-11)19-9-10-4-2-1-3-5-10;/h1-8H,9H2;1H. The molecule has 0 atom stereocenters. The maximum absolute atomic E-state index is 12.1. The molecule has 2 aromatic rings. The van der Waals surface area contributed by atoms with Crippen molar-refractivity contribution in [2.75, 3.05) is 0 Å². The van der Waals surface area contributed by atoms with Crippen LogP contribution in [0.1, 0.15) is 5.56 Å². The van der Waals surface area contributed by atoms with E-state index >= 15 is 0 Å². The Morgan fingerprint density at radius 1 is 1.00 bits per heavy atom. The fraction of sp³-hybridized carbons (Fsp3) is 0.143. The van der Waals surface area contributed by atoms with Crippen LogP contribution in [-0.2, 0) is 6.61 Å². The van der Waals surface area contributed by atoms with Crippen molar-refractivity contribution >= 4 is 46.6 Å². The van der Waals surface area contributed by atoms with Crippen molar-refractivity contribution in [3.8, 4) is 11.5 Å². The maximum atomic E-state index is 12.1. The molecule has 0 bridgehead atoms. The lowest BCUT2D eigenvalue weighted by molar-refractivity contribution is -0.274. The molecule has 2 rings (SSSR count). The van der Waals surface area contributed by atoms with E-state index in [0.717, 1.165) is 5.56 Å². The highest BCUT2D eigenvalue weighted by atomic mass is 127. The predicted octanol–water partition coefficient (Wildman–Crippen LogP) is 5.39. The van der Waals surface area contributed by atoms with Crippen LogP contribution in [0.25, 0.3) is 0 Å². The van der Waals surface area contributed by atoms with Crippen molar-refractivity contribution in [2.45, 2.75) is 13.0 Å². The smallest absolute Gasteiger partial charge is 0.488 e. The Kier molecular flexibility index (Phi) is 7.04. The molecule has 0 saturated carbocycles. The molecule has 7 heteroatoms. The second kappa shape index (κ2) is 8.06. The molecule has 21 heavy (non-hydrogen) atoms. The topological polar surface area (TPSA) is 18.5 Å². The first-order valence-electron chi connectivity index (χ1n) is 5.66. The summed E-state index contributed by atoms with van der Waals surface area (Å²) in [5.74, 6) is 0.262. The molecular weight excluding hydrogens is 511 g/mol. The molecule has 0 fully saturated rings. The van der Waals surface area contributed by atoms with Crippen molar-refractivity contribution in [3.05, 3.63) is 57.7 Å². The van der Waals surface area contributed by atoms with E-state index in [1.54, 1.807) is 0 Å². The van der Waals surface area contributed by atoms with Crippen LogP contribution < -0.4 is 9.47 Å². The van der Waals surface area contributed by atoms with Gasteiger partial charge in [0.05, 0.1) is 3.57 Å². The van der Waals surface area contributed by atoms with E-state index in [2.05, 4.69) is 4.74 Å². The zero-order valence-corrected chi connectivity index (χ0v) is 15.1. The minimum Gasteiger partial charge on any atom is -0.488 e. The SMILES string of the molecule is FC(F)(F)Oc1ccc(OCc2ccccc2)c(I)c1.I. The van der Waals surface area contributed by atoms with Gasteiger partial charge in [-0.1, -0.05) is 30.3 Å². The Labute approximate surface area is 150 Å². The van der Waals surface area contributed by atoms with Crippen LogP contribution in [0.5, 0.6) is 11.5 Å². The molecule has 0 spiro atoms. The third-order valence-corrected chi connectivity index (χ3v) is 3.22. The molecule has 0 aliphatic rings. The van der Waals surface area contributed by atoms with Gasteiger partial charge < -0.3 is 9.47 Å². The molecule has 0 radical (unpaired) electrons. The van der Waals surface area contributed by atoms with Crippen LogP contribution in [0.15, 0.2) is 48.5 Å². The van der Waals surface area contributed by atoms with Crippen molar-refractivity contribution in [3.63, 3.8) is 0 Å². The maximum Gasteiger partial charge on any atom is 0.573 e. The van der Waals surface area contributed by atoms with E-state index in [9.17, 15) is 13.2 Å². The lowest BCUT2D eigenvalue weighted by Crippen LogP contribution is -2.17. The number of rotatable bonds is 4. The molecule has 0 aromatic heterocycles. The van der Waals surface area contributed by atoms with E-state index in [1.807, 2.05) is 52.9 Å². The highest BCUT2D eigenvalue weighted by Gasteiger charge is 2.31. The highest BCUT2D eigenvalue weighted by Crippen LogP contribution is 2.29. The Balaban J connectivity index is 0.00000220. The number of ether oxygens (including phenoxy) is 2. The normalized spacial score (nSPS) is 10.7. The summed E-state index contributed by atoms with van der Waals surface area (Å²) >= 11 is 1.91. The third-order valence-electron chi connectivity index (χ3n) is 2.37. The first kappa shape index (κ1) is 18.3. The van der Waals surface area contributed by atoms with Crippen LogP contribution in [0.4, 0.5) is 13.2 Å². The molecule has 0 amide bonds. The number of hydrogen-bond acceptors (Lipinski definition) is 2. The predicted molar refractivity (Wildman–Crippen MR) is 92.0 cm³/mol. The molecule has 0 saturated heterocycles. The quantitative estimate of drug-likeness (QED) is 0.502. The van der Waals surface area contributed by atoms with Gasteiger partial charge in [0, 0.05) is 0 Å². The molecular formula is C14H11F3I2O2. The Morgan fingerprint density at radius 2 is 1.67 bits per heavy atom. The highest BCUT2D eigenvalue weighted by molar-refractivity contribution is 14.1. The Morgan fingerprint density at radius 3 is 2.24 bits per heavy atom. The monoisotopic (exact) mass is 522 g/mol. The number of benzene rings is 2. The van der Waals surface area contributed by atoms with Gasteiger partial charge >= 0.3 is 6.36 Å². The van der Waals surface area contributed by atoms with Gasteiger partial charge in [-0.05, 0) is 46.4 Å². The largest absolute Gasteiger partial charge is 0.573 e. The summed E-state index contributed by atoms with van der Waals surface area (Å²) in [6.07, 6.45) is -4.69. The summed E-state index contributed by atoms with van der Waals surface area (Å²) in [5.41, 5.74) is 0.985. The number of alkyl halides is 3. The summed E-state index contributed by atoms with van der Waals surface area (Å²) in [6.45, 7) is 0.357. The summed E-state index contributed by atoms with van der Waals surface area (Å²) in [6, 6.07) is 13.5. The van der Waals surface area contributed by atoms with Crippen molar-refractivity contribution < 1.29 is 22.6 Å². The van der Waals surface area contributed by atoms with E-state index in [0.29, 0.717) is 15.9 Å². The van der Waals surface area contributed by atoms with Gasteiger partial charge in [0.25, 0.3) is 0 Å². The van der Waals surface area contributed by atoms with Crippen LogP contribution in [-0.4, -0.2) is 6.36 Å². The van der Waals surface area contributed by atoms with E-state index in [1.165, 1.54) is 18.2 Å². The van der Waals surface area contributed by atoms with Crippen molar-refractivity contribution in [1.29, 1.82) is 0 Å². The van der Waals surface area contributed by atoms with Gasteiger partial charge in [0.1, 0.15) is 18.1 Å². The second-order valence-electron chi connectivity index (χ2n) is 3.91. The Bertz CT molecular complexity index is 574. The minimum absolute atomic E-state index is 0. The Hall–Kier alpha value is -0.710. The van der Waals surface area contributed by atoms with Gasteiger partial charge in [-0.3, -0.25) is 0 Å². The molecule has 0 heterocycles. The van der Waals surface area contributed by atoms with Gasteiger partial charge in [-0.25, -0.2) is 0 Å². The molecule has 2 nitrogen and oxygen atoms in total.